The van der Waals surface area contributed by atoms with Crippen molar-refractivity contribution >= 4 is 79.9 Å². The van der Waals surface area contributed by atoms with Gasteiger partial charge in [0.15, 0.2) is 0 Å². The zero-order valence-corrected chi connectivity index (χ0v) is 39.7. The first kappa shape index (κ1) is 45.3. The molecule has 0 bridgehead atoms. The number of hydrogen-bond donors (Lipinski definition) is 2. The van der Waals surface area contributed by atoms with Crippen LogP contribution in [0.25, 0.3) is 27.6 Å². The first-order chi connectivity index (χ1) is 31.5. The molecule has 4 aliphatic heterocycles. The van der Waals surface area contributed by atoms with Crippen LogP contribution in [0, 0.1) is 6.92 Å². The Hall–Kier alpha value is -4.91. The molecule has 4 atom stereocenters. The maximum absolute atomic E-state index is 12.9. The van der Waals surface area contributed by atoms with Gasteiger partial charge in [0.2, 0.25) is 11.8 Å². The number of amides is 2. The molecule has 4 aromatic carbocycles. The summed E-state index contributed by atoms with van der Waals surface area (Å²) in [6.45, 7) is 12.8. The van der Waals surface area contributed by atoms with Crippen molar-refractivity contribution in [3.05, 3.63) is 129 Å². The molecule has 4 aliphatic rings. The van der Waals surface area contributed by atoms with Crippen molar-refractivity contribution in [1.82, 2.24) is 39.5 Å². The summed E-state index contributed by atoms with van der Waals surface area (Å²) in [6, 6.07) is 24.8. The number of carbonyl (C=O) groups excluding carboxylic acids is 2. The van der Waals surface area contributed by atoms with Crippen LogP contribution in [-0.4, -0.2) is 105 Å². The lowest BCUT2D eigenvalue weighted by molar-refractivity contribution is -0.134. The number of nitrogens with zero attached hydrogens (tertiary/aromatic N) is 7. The number of piperidine rings is 1. The number of halogens is 3. The predicted molar refractivity (Wildman–Crippen MR) is 264 cm³/mol. The van der Waals surface area contributed by atoms with Crippen molar-refractivity contribution < 1.29 is 9.59 Å². The number of aryl methyl sites for hydroxylation is 1. The van der Waals surface area contributed by atoms with Gasteiger partial charge in [0.05, 0.1) is 58.9 Å². The first-order valence-corrected chi connectivity index (χ1v) is 24.3. The topological polar surface area (TPSA) is 104 Å². The maximum atomic E-state index is 12.9. The van der Waals surface area contributed by atoms with Gasteiger partial charge in [-0.1, -0.05) is 71.6 Å². The molecule has 4 unspecified atom stereocenters. The first-order valence-electron chi connectivity index (χ1n) is 23.1. The quantitative estimate of drug-likeness (QED) is 0.157. The molecule has 6 heterocycles. The van der Waals surface area contributed by atoms with Crippen LogP contribution in [0.5, 0.6) is 0 Å². The molecular formula is C51H58Cl3N9O2. The highest BCUT2D eigenvalue weighted by Crippen LogP contribution is 2.34. The minimum absolute atomic E-state index is 0.00510. The minimum Gasteiger partial charge on any atom is -0.368 e. The smallest absolute Gasteiger partial charge is 0.239 e. The fraction of sp³-hybridized carbons (Fsp3) is 0.412. The van der Waals surface area contributed by atoms with Gasteiger partial charge in [-0.05, 0) is 142 Å². The van der Waals surface area contributed by atoms with E-state index in [-0.39, 0.29) is 36.0 Å². The van der Waals surface area contributed by atoms with Gasteiger partial charge in [-0.25, -0.2) is 9.97 Å². The van der Waals surface area contributed by atoms with Gasteiger partial charge in [0.1, 0.15) is 0 Å². The van der Waals surface area contributed by atoms with Crippen molar-refractivity contribution in [3.8, 4) is 0 Å². The van der Waals surface area contributed by atoms with E-state index >= 15 is 0 Å². The number of anilines is 1. The maximum Gasteiger partial charge on any atom is 0.239 e. The van der Waals surface area contributed by atoms with Crippen molar-refractivity contribution in [3.63, 3.8) is 0 Å². The molecule has 2 N–H and O–H groups in total. The van der Waals surface area contributed by atoms with E-state index in [1.54, 1.807) is 6.07 Å². The van der Waals surface area contributed by atoms with Crippen molar-refractivity contribution in [2.75, 3.05) is 57.3 Å². The number of hydrogen-bond acceptors (Lipinski definition) is 7. The second kappa shape index (κ2) is 19.9. The molecule has 2 aromatic heterocycles. The largest absolute Gasteiger partial charge is 0.368 e. The van der Waals surface area contributed by atoms with Gasteiger partial charge in [-0.15, -0.1) is 0 Å². The lowest BCUT2D eigenvalue weighted by Crippen LogP contribution is -2.53. The number of rotatable bonds is 8. The Kier molecular flexibility index (Phi) is 13.9. The van der Waals surface area contributed by atoms with Crippen LogP contribution in [-0.2, 0) is 9.59 Å². The molecule has 3 fully saturated rings. The zero-order chi connectivity index (χ0) is 45.2. The highest BCUT2D eigenvalue weighted by molar-refractivity contribution is 6.35. The number of piperazine rings is 1. The summed E-state index contributed by atoms with van der Waals surface area (Å²) in [5.41, 5.74) is 11.0. The second-order valence-electron chi connectivity index (χ2n) is 18.0. The van der Waals surface area contributed by atoms with Crippen LogP contribution in [0.1, 0.15) is 86.7 Å². The van der Waals surface area contributed by atoms with E-state index in [1.807, 2.05) is 40.7 Å². The van der Waals surface area contributed by atoms with Crippen molar-refractivity contribution in [1.29, 1.82) is 0 Å². The van der Waals surface area contributed by atoms with E-state index in [9.17, 15) is 9.59 Å². The SMILES string of the molecule is CC(c1ccc(Cl)cc1Cl)n1cnc2ccc(N3CCN(C(=O)C4CCCN4)CC3)cc21.Cc1ccc(C(C)n2cnc3ccc(C4=CCN(C(=O)C5CCCCN5)CC4)cc32)c(Cl)c1. The number of benzene rings is 4. The molecule has 0 aliphatic carbocycles. The summed E-state index contributed by atoms with van der Waals surface area (Å²) in [7, 11) is 0. The van der Waals surface area contributed by atoms with Gasteiger partial charge >= 0.3 is 0 Å². The molecular weight excluding hydrogens is 877 g/mol. The average Bonchev–Trinajstić information content (AvgIpc) is 4.12. The molecule has 340 valence electrons. The summed E-state index contributed by atoms with van der Waals surface area (Å²) in [5.74, 6) is 0.506. The Balaban J connectivity index is 0.000000164. The number of aromatic nitrogens is 4. The Morgan fingerprint density at radius 3 is 1.89 bits per heavy atom. The molecule has 6 aromatic rings. The Morgan fingerprint density at radius 2 is 1.28 bits per heavy atom. The monoisotopic (exact) mass is 933 g/mol. The highest BCUT2D eigenvalue weighted by atomic mass is 35.5. The zero-order valence-electron chi connectivity index (χ0n) is 37.5. The van der Waals surface area contributed by atoms with Gasteiger partial charge in [-0.2, -0.15) is 0 Å². The third-order valence-corrected chi connectivity index (χ3v) is 14.7. The summed E-state index contributed by atoms with van der Waals surface area (Å²) in [6.07, 6.45) is 12.2. The van der Waals surface area contributed by atoms with E-state index < -0.39 is 0 Å². The Bertz CT molecular complexity index is 2710. The normalized spacial score (nSPS) is 20.1. The van der Waals surface area contributed by atoms with Gasteiger partial charge in [-0.3, -0.25) is 9.59 Å². The fourth-order valence-corrected chi connectivity index (χ4v) is 10.8. The summed E-state index contributed by atoms with van der Waals surface area (Å²) >= 11 is 19.1. The van der Waals surface area contributed by atoms with Crippen molar-refractivity contribution in [2.24, 2.45) is 0 Å². The number of imidazole rings is 2. The van der Waals surface area contributed by atoms with Gasteiger partial charge in [0.25, 0.3) is 0 Å². The van der Waals surface area contributed by atoms with Crippen LogP contribution >= 0.6 is 34.8 Å². The summed E-state index contributed by atoms with van der Waals surface area (Å²) < 4.78 is 4.35. The second-order valence-corrected chi connectivity index (χ2v) is 19.2. The Morgan fingerprint density at radius 1 is 0.662 bits per heavy atom. The van der Waals surface area contributed by atoms with E-state index in [0.717, 1.165) is 127 Å². The molecule has 11 nitrogen and oxygen atoms in total. The summed E-state index contributed by atoms with van der Waals surface area (Å²) in [5, 5.41) is 8.77. The predicted octanol–water partition coefficient (Wildman–Crippen LogP) is 9.72. The molecule has 0 radical (unpaired) electrons. The molecule has 10 rings (SSSR count). The van der Waals surface area contributed by atoms with Gasteiger partial charge < -0.3 is 34.5 Å². The van der Waals surface area contributed by atoms with Crippen LogP contribution in [0.3, 0.4) is 0 Å². The average molecular weight is 935 g/mol. The van der Waals surface area contributed by atoms with E-state index in [4.69, 9.17) is 34.8 Å². The molecule has 14 heteroatoms. The lowest BCUT2D eigenvalue weighted by atomic mass is 9.97. The molecule has 0 spiro atoms. The summed E-state index contributed by atoms with van der Waals surface area (Å²) in [4.78, 5) is 41.1. The van der Waals surface area contributed by atoms with Crippen molar-refractivity contribution in [2.45, 2.75) is 83.5 Å². The molecule has 0 saturated carbocycles. The number of nitrogens with one attached hydrogen (secondary N) is 2. The third kappa shape index (κ3) is 9.81. The highest BCUT2D eigenvalue weighted by Gasteiger charge is 2.30. The van der Waals surface area contributed by atoms with E-state index in [0.29, 0.717) is 16.6 Å². The molecule has 65 heavy (non-hydrogen) atoms. The minimum atomic E-state index is -0.00510. The van der Waals surface area contributed by atoms with E-state index in [2.05, 4.69) is 110 Å². The molecule has 2 amide bonds. The van der Waals surface area contributed by atoms with E-state index in [1.165, 1.54) is 17.6 Å². The standard InChI is InChI=1S/C27H31ClN4O.C24H27Cl2N5O/c1-18-6-8-22(23(28)15-18)19(2)32-17-30-24-9-7-21(16-26(24)32)20-10-13-31(14-11-20)27(33)25-5-3-4-12-29-25;1-16(19-6-4-17(25)13-20(19)26)31-15-28-21-7-5-18(14-23(21)31)29-9-11-30(12-10-29)24(32)22-3-2-8-27-22/h6-10,15-17,19,25,29H,3-5,11-14H2,1-2H3;4-7,13-16,22,27H,2-3,8-12H2,1H3. The lowest BCUT2D eigenvalue weighted by Gasteiger charge is -2.37. The molecule has 3 saturated heterocycles. The van der Waals surface area contributed by atoms with Crippen LogP contribution < -0.4 is 15.5 Å². The van der Waals surface area contributed by atoms with Crippen LogP contribution in [0.4, 0.5) is 5.69 Å². The third-order valence-electron chi connectivity index (χ3n) is 13.8. The van der Waals surface area contributed by atoms with Crippen LogP contribution in [0.15, 0.2) is 91.5 Å². The Labute approximate surface area is 396 Å². The number of carbonyl (C=O) groups is 2. The number of fused-ring (bicyclic) bond motifs is 2. The van der Waals surface area contributed by atoms with Gasteiger partial charge in [0, 0.05) is 60.0 Å². The van der Waals surface area contributed by atoms with Crippen LogP contribution in [0.2, 0.25) is 15.1 Å². The fourth-order valence-electron chi connectivity index (χ4n) is 9.88.